The average Bonchev–Trinajstić information content (AvgIpc) is 2.65. The van der Waals surface area contributed by atoms with Gasteiger partial charge in [-0.2, -0.15) is 0 Å². The molecule has 2 N–H and O–H groups in total. The Hall–Kier alpha value is -1.25. The summed E-state index contributed by atoms with van der Waals surface area (Å²) in [4.78, 5) is 13.7. The van der Waals surface area contributed by atoms with Crippen LogP contribution in [0.25, 0.3) is 0 Å². The summed E-state index contributed by atoms with van der Waals surface area (Å²) >= 11 is 0. The number of aromatic amines is 1. The molecule has 64 valence electrons. The van der Waals surface area contributed by atoms with Crippen LogP contribution in [0.15, 0.2) is 18.5 Å². The number of nitrogens with one attached hydrogen (secondary N) is 1. The van der Waals surface area contributed by atoms with Crippen LogP contribution in [0.4, 0.5) is 0 Å². The van der Waals surface area contributed by atoms with Gasteiger partial charge in [0.15, 0.2) is 0 Å². The van der Waals surface area contributed by atoms with Crippen LogP contribution in [0.3, 0.4) is 0 Å². The molecule has 1 fully saturated rings. The summed E-state index contributed by atoms with van der Waals surface area (Å²) in [7, 11) is 0. The van der Waals surface area contributed by atoms with Gasteiger partial charge in [0.05, 0.1) is 5.92 Å². The summed E-state index contributed by atoms with van der Waals surface area (Å²) in [6.07, 6.45) is 5.66. The molecule has 0 spiro atoms. The number of hydrogen-bond donors (Lipinski definition) is 2. The predicted molar refractivity (Wildman–Crippen MR) is 43.9 cm³/mol. The highest BCUT2D eigenvalue weighted by atomic mass is 16.4. The molecule has 0 radical (unpaired) electrons. The maximum absolute atomic E-state index is 10.9. The summed E-state index contributed by atoms with van der Waals surface area (Å²) in [5.41, 5.74) is 0.907. The van der Waals surface area contributed by atoms with Gasteiger partial charge < -0.3 is 10.1 Å². The minimum Gasteiger partial charge on any atom is -0.481 e. The van der Waals surface area contributed by atoms with Crippen LogP contribution in [-0.4, -0.2) is 16.1 Å². The number of hydrogen-bond acceptors (Lipinski definition) is 1. The molecule has 12 heavy (non-hydrogen) atoms. The van der Waals surface area contributed by atoms with Gasteiger partial charge in [-0.1, -0.05) is 0 Å². The first-order valence-electron chi connectivity index (χ1n) is 4.14. The Morgan fingerprint density at radius 2 is 2.42 bits per heavy atom. The highest BCUT2D eigenvalue weighted by molar-refractivity contribution is 5.76. The molecule has 1 aliphatic carbocycles. The highest BCUT2D eigenvalue weighted by Gasteiger charge is 2.37. The van der Waals surface area contributed by atoms with Crippen LogP contribution in [0.5, 0.6) is 0 Å². The van der Waals surface area contributed by atoms with Gasteiger partial charge in [-0.15, -0.1) is 0 Å². The van der Waals surface area contributed by atoms with E-state index >= 15 is 0 Å². The van der Waals surface area contributed by atoms with Crippen LogP contribution in [0, 0.1) is 5.92 Å². The van der Waals surface area contributed by atoms with E-state index in [-0.39, 0.29) is 5.92 Å². The number of H-pyrrole nitrogens is 1. The maximum atomic E-state index is 10.9. The molecule has 0 aromatic carbocycles. The van der Waals surface area contributed by atoms with Crippen molar-refractivity contribution in [2.45, 2.75) is 18.8 Å². The lowest BCUT2D eigenvalue weighted by atomic mass is 9.97. The molecule has 1 aromatic heterocycles. The predicted octanol–water partition coefficient (Wildman–Crippen LogP) is 1.59. The zero-order valence-corrected chi connectivity index (χ0v) is 6.66. The zero-order valence-electron chi connectivity index (χ0n) is 6.66. The van der Waals surface area contributed by atoms with Gasteiger partial charge in [0.2, 0.25) is 0 Å². The molecule has 1 atom stereocenters. The second kappa shape index (κ2) is 2.66. The van der Waals surface area contributed by atoms with Crippen molar-refractivity contribution in [1.29, 1.82) is 0 Å². The first-order valence-corrected chi connectivity index (χ1v) is 4.14. The number of carboxylic acids is 1. The summed E-state index contributed by atoms with van der Waals surface area (Å²) in [6, 6.07) is 1.84. The van der Waals surface area contributed by atoms with E-state index in [1.165, 1.54) is 0 Å². The molecular weight excluding hydrogens is 154 g/mol. The average molecular weight is 165 g/mol. The summed E-state index contributed by atoms with van der Waals surface area (Å²) in [5, 5.41) is 8.94. The van der Waals surface area contributed by atoms with Crippen molar-refractivity contribution in [3.63, 3.8) is 0 Å². The fraction of sp³-hybridized carbons (Fsp3) is 0.444. The third-order valence-corrected chi connectivity index (χ3v) is 2.34. The number of aromatic nitrogens is 1. The molecule has 2 rings (SSSR count). The highest BCUT2D eigenvalue weighted by Crippen LogP contribution is 2.42. The van der Waals surface area contributed by atoms with Crippen LogP contribution in [0.2, 0.25) is 0 Å². The summed E-state index contributed by atoms with van der Waals surface area (Å²) in [5.74, 6) is -0.605. The molecular formula is C9H11NO2. The Bertz CT molecular complexity index is 275. The fourth-order valence-electron chi connectivity index (χ4n) is 1.58. The minimum absolute atomic E-state index is 0.281. The molecule has 0 aliphatic heterocycles. The Balaban J connectivity index is 2.21. The normalized spacial score (nSPS) is 19.0. The van der Waals surface area contributed by atoms with Crippen LogP contribution in [-0.2, 0) is 4.79 Å². The van der Waals surface area contributed by atoms with Crippen LogP contribution < -0.4 is 0 Å². The van der Waals surface area contributed by atoms with Crippen molar-refractivity contribution in [1.82, 2.24) is 4.98 Å². The van der Waals surface area contributed by atoms with Crippen molar-refractivity contribution in [3.8, 4) is 0 Å². The van der Waals surface area contributed by atoms with E-state index < -0.39 is 5.97 Å². The standard InChI is InChI=1S/C9H11NO2/c11-9(12)8(6-1-2-6)7-3-4-10-5-7/h3-6,8,10H,1-2H2,(H,11,12). The van der Waals surface area contributed by atoms with Gasteiger partial charge in [0, 0.05) is 12.4 Å². The fourth-order valence-corrected chi connectivity index (χ4v) is 1.58. The van der Waals surface area contributed by atoms with Gasteiger partial charge in [0.25, 0.3) is 0 Å². The Morgan fingerprint density at radius 3 is 2.83 bits per heavy atom. The first-order chi connectivity index (χ1) is 5.79. The molecule has 1 unspecified atom stereocenters. The number of rotatable bonds is 3. The van der Waals surface area contributed by atoms with E-state index in [9.17, 15) is 4.79 Å². The minimum atomic E-state index is -0.697. The molecule has 0 bridgehead atoms. The third kappa shape index (κ3) is 1.22. The SMILES string of the molecule is O=C(O)C(c1cc[nH]c1)C1CC1. The quantitative estimate of drug-likeness (QED) is 0.714. The van der Waals surface area contributed by atoms with Crippen molar-refractivity contribution in [2.24, 2.45) is 5.92 Å². The molecule has 1 aromatic rings. The van der Waals surface area contributed by atoms with E-state index in [0.29, 0.717) is 5.92 Å². The lowest BCUT2D eigenvalue weighted by molar-refractivity contribution is -0.139. The van der Waals surface area contributed by atoms with Crippen molar-refractivity contribution >= 4 is 5.97 Å². The van der Waals surface area contributed by atoms with Crippen molar-refractivity contribution in [3.05, 3.63) is 24.0 Å². The largest absolute Gasteiger partial charge is 0.481 e. The van der Waals surface area contributed by atoms with Crippen LogP contribution in [0.1, 0.15) is 24.3 Å². The van der Waals surface area contributed by atoms with E-state index in [4.69, 9.17) is 5.11 Å². The Labute approximate surface area is 70.4 Å². The van der Waals surface area contributed by atoms with E-state index in [1.54, 1.807) is 12.4 Å². The summed E-state index contributed by atoms with van der Waals surface area (Å²) in [6.45, 7) is 0. The Morgan fingerprint density at radius 1 is 1.67 bits per heavy atom. The molecule has 1 aliphatic rings. The molecule has 0 saturated heterocycles. The maximum Gasteiger partial charge on any atom is 0.311 e. The molecule has 3 nitrogen and oxygen atoms in total. The van der Waals surface area contributed by atoms with E-state index in [0.717, 1.165) is 18.4 Å². The summed E-state index contributed by atoms with van der Waals surface area (Å²) < 4.78 is 0. The monoisotopic (exact) mass is 165 g/mol. The lowest BCUT2D eigenvalue weighted by Gasteiger charge is -2.07. The second-order valence-electron chi connectivity index (χ2n) is 3.30. The van der Waals surface area contributed by atoms with Crippen molar-refractivity contribution in [2.75, 3.05) is 0 Å². The van der Waals surface area contributed by atoms with Crippen molar-refractivity contribution < 1.29 is 9.90 Å². The molecule has 1 saturated carbocycles. The Kier molecular flexibility index (Phi) is 1.64. The van der Waals surface area contributed by atoms with Gasteiger partial charge in [-0.05, 0) is 30.4 Å². The topological polar surface area (TPSA) is 53.1 Å². The smallest absolute Gasteiger partial charge is 0.311 e. The number of carbonyl (C=O) groups is 1. The second-order valence-corrected chi connectivity index (χ2v) is 3.30. The van der Waals surface area contributed by atoms with Crippen LogP contribution >= 0.6 is 0 Å². The zero-order chi connectivity index (χ0) is 8.55. The third-order valence-electron chi connectivity index (χ3n) is 2.34. The van der Waals surface area contributed by atoms with Gasteiger partial charge in [0.1, 0.15) is 0 Å². The van der Waals surface area contributed by atoms with Gasteiger partial charge >= 0.3 is 5.97 Å². The lowest BCUT2D eigenvalue weighted by Crippen LogP contribution is -2.12. The van der Waals surface area contributed by atoms with E-state index in [2.05, 4.69) is 4.98 Å². The molecule has 1 heterocycles. The first kappa shape index (κ1) is 7.40. The van der Waals surface area contributed by atoms with Gasteiger partial charge in [-0.3, -0.25) is 4.79 Å². The molecule has 0 amide bonds. The van der Waals surface area contributed by atoms with Gasteiger partial charge in [-0.25, -0.2) is 0 Å². The number of aliphatic carboxylic acids is 1. The van der Waals surface area contributed by atoms with E-state index in [1.807, 2.05) is 6.07 Å². The number of carboxylic acid groups (broad SMARTS) is 1. The molecule has 3 heteroatoms.